The topological polar surface area (TPSA) is 84.3 Å². The van der Waals surface area contributed by atoms with E-state index in [1.165, 1.54) is 16.7 Å². The van der Waals surface area contributed by atoms with Crippen LogP contribution in [0.15, 0.2) is 23.0 Å². The van der Waals surface area contributed by atoms with Gasteiger partial charge < -0.3 is 14.8 Å². The number of aromatic nitrogens is 2. The molecule has 0 aliphatic carbocycles. The summed E-state index contributed by atoms with van der Waals surface area (Å²) in [4.78, 5) is 25.5. The summed E-state index contributed by atoms with van der Waals surface area (Å²) in [6.07, 6.45) is -0.116. The van der Waals surface area contributed by atoms with Crippen molar-refractivity contribution in [2.24, 2.45) is 0 Å². The highest BCUT2D eigenvalue weighted by Crippen LogP contribution is 2.14. The maximum absolute atomic E-state index is 11.9. The van der Waals surface area contributed by atoms with Crippen molar-refractivity contribution >= 4 is 17.0 Å². The SMILES string of the molecule is CCOC(C)Cn1c(=O)[nH]c2ccc(C(=O)O)cc21. The lowest BCUT2D eigenvalue weighted by atomic mass is 10.2. The molecule has 6 heteroatoms. The van der Waals surface area contributed by atoms with E-state index >= 15 is 0 Å². The Morgan fingerprint density at radius 2 is 2.26 bits per heavy atom. The Labute approximate surface area is 109 Å². The average molecular weight is 264 g/mol. The first-order valence-corrected chi connectivity index (χ1v) is 6.10. The Morgan fingerprint density at radius 1 is 1.53 bits per heavy atom. The highest BCUT2D eigenvalue weighted by atomic mass is 16.5. The Balaban J connectivity index is 2.46. The van der Waals surface area contributed by atoms with E-state index in [1.807, 2.05) is 13.8 Å². The summed E-state index contributed by atoms with van der Waals surface area (Å²) in [5.74, 6) is -1.01. The van der Waals surface area contributed by atoms with Crippen LogP contribution in [0.1, 0.15) is 24.2 Å². The summed E-state index contributed by atoms with van der Waals surface area (Å²) in [5.41, 5.74) is 1.10. The van der Waals surface area contributed by atoms with Crippen molar-refractivity contribution in [1.29, 1.82) is 0 Å². The van der Waals surface area contributed by atoms with Gasteiger partial charge in [-0.2, -0.15) is 0 Å². The van der Waals surface area contributed by atoms with Crippen molar-refractivity contribution < 1.29 is 14.6 Å². The molecule has 1 atom stereocenters. The summed E-state index contributed by atoms with van der Waals surface area (Å²) in [5, 5.41) is 8.99. The second-order valence-electron chi connectivity index (χ2n) is 4.34. The first-order valence-electron chi connectivity index (χ1n) is 6.10. The van der Waals surface area contributed by atoms with Crippen molar-refractivity contribution in [2.75, 3.05) is 6.61 Å². The second kappa shape index (κ2) is 5.27. The van der Waals surface area contributed by atoms with Gasteiger partial charge in [-0.25, -0.2) is 9.59 Å². The number of aromatic carboxylic acids is 1. The van der Waals surface area contributed by atoms with E-state index in [-0.39, 0.29) is 17.4 Å². The highest BCUT2D eigenvalue weighted by molar-refractivity contribution is 5.92. The predicted octanol–water partition coefficient (Wildman–Crippen LogP) is 1.45. The van der Waals surface area contributed by atoms with Gasteiger partial charge in [0, 0.05) is 6.61 Å². The largest absolute Gasteiger partial charge is 0.478 e. The van der Waals surface area contributed by atoms with E-state index in [2.05, 4.69) is 4.98 Å². The minimum atomic E-state index is -1.01. The van der Waals surface area contributed by atoms with Gasteiger partial charge in [-0.05, 0) is 32.0 Å². The zero-order valence-corrected chi connectivity index (χ0v) is 10.8. The Kier molecular flexibility index (Phi) is 3.71. The van der Waals surface area contributed by atoms with Gasteiger partial charge in [0.05, 0.1) is 29.2 Å². The second-order valence-corrected chi connectivity index (χ2v) is 4.34. The fourth-order valence-electron chi connectivity index (χ4n) is 2.06. The van der Waals surface area contributed by atoms with Crippen LogP contribution in [0.25, 0.3) is 11.0 Å². The quantitative estimate of drug-likeness (QED) is 0.856. The standard InChI is InChI=1S/C13H16N2O4/c1-3-19-8(2)7-15-11-6-9(12(16)17)4-5-10(11)14-13(15)18/h4-6,8H,3,7H2,1-2H3,(H,14,18)(H,16,17). The highest BCUT2D eigenvalue weighted by Gasteiger charge is 2.12. The van der Waals surface area contributed by atoms with Crippen molar-refractivity contribution in [3.8, 4) is 0 Å². The number of nitrogens with one attached hydrogen (secondary N) is 1. The van der Waals surface area contributed by atoms with E-state index in [0.717, 1.165) is 0 Å². The Hall–Kier alpha value is -2.08. The summed E-state index contributed by atoms with van der Waals surface area (Å²) in [7, 11) is 0. The summed E-state index contributed by atoms with van der Waals surface area (Å²) in [6.45, 7) is 4.71. The van der Waals surface area contributed by atoms with E-state index in [1.54, 1.807) is 6.07 Å². The number of hydrogen-bond donors (Lipinski definition) is 2. The van der Waals surface area contributed by atoms with Crippen molar-refractivity contribution in [2.45, 2.75) is 26.5 Å². The maximum atomic E-state index is 11.9. The monoisotopic (exact) mass is 264 g/mol. The number of carboxylic acids is 1. The molecular weight excluding hydrogens is 248 g/mol. The van der Waals surface area contributed by atoms with Gasteiger partial charge >= 0.3 is 11.7 Å². The van der Waals surface area contributed by atoms with Crippen molar-refractivity contribution in [3.63, 3.8) is 0 Å². The number of imidazole rings is 1. The lowest BCUT2D eigenvalue weighted by Crippen LogP contribution is -2.24. The molecule has 0 saturated heterocycles. The number of rotatable bonds is 5. The third-order valence-corrected chi connectivity index (χ3v) is 2.91. The normalized spacial score (nSPS) is 12.7. The molecule has 0 spiro atoms. The molecule has 0 fully saturated rings. The number of nitrogens with zero attached hydrogens (tertiary/aromatic N) is 1. The summed E-state index contributed by atoms with van der Waals surface area (Å²) in [6, 6.07) is 4.56. The van der Waals surface area contributed by atoms with Crippen LogP contribution in [0.2, 0.25) is 0 Å². The lowest BCUT2D eigenvalue weighted by Gasteiger charge is -2.12. The van der Waals surface area contributed by atoms with E-state index < -0.39 is 5.97 Å². The zero-order chi connectivity index (χ0) is 14.0. The van der Waals surface area contributed by atoms with Gasteiger partial charge in [0.25, 0.3) is 0 Å². The van der Waals surface area contributed by atoms with Crippen LogP contribution < -0.4 is 5.69 Å². The number of hydrogen-bond acceptors (Lipinski definition) is 3. The van der Waals surface area contributed by atoms with Crippen LogP contribution in [0.3, 0.4) is 0 Å². The lowest BCUT2D eigenvalue weighted by molar-refractivity contribution is 0.0642. The molecule has 1 aromatic carbocycles. The van der Waals surface area contributed by atoms with Gasteiger partial charge in [-0.15, -0.1) is 0 Å². The number of benzene rings is 1. The molecule has 2 N–H and O–H groups in total. The van der Waals surface area contributed by atoms with Crippen LogP contribution in [-0.2, 0) is 11.3 Å². The molecule has 0 bridgehead atoms. The average Bonchev–Trinajstić information content (AvgIpc) is 2.65. The fraction of sp³-hybridized carbons (Fsp3) is 0.385. The molecule has 1 heterocycles. The minimum absolute atomic E-state index is 0.116. The number of carbonyl (C=O) groups is 1. The molecule has 1 aromatic heterocycles. The van der Waals surface area contributed by atoms with Crippen LogP contribution in [0, 0.1) is 0 Å². The fourth-order valence-corrected chi connectivity index (χ4v) is 2.06. The molecule has 102 valence electrons. The molecular formula is C13H16N2O4. The first-order chi connectivity index (χ1) is 9.02. The maximum Gasteiger partial charge on any atom is 0.335 e. The van der Waals surface area contributed by atoms with Gasteiger partial charge in [0.2, 0.25) is 0 Å². The molecule has 6 nitrogen and oxygen atoms in total. The van der Waals surface area contributed by atoms with Crippen molar-refractivity contribution in [3.05, 3.63) is 34.2 Å². The van der Waals surface area contributed by atoms with Crippen LogP contribution in [0.5, 0.6) is 0 Å². The molecule has 1 unspecified atom stereocenters. The van der Waals surface area contributed by atoms with Crippen LogP contribution in [-0.4, -0.2) is 33.3 Å². The number of fused-ring (bicyclic) bond motifs is 1. The molecule has 0 radical (unpaired) electrons. The van der Waals surface area contributed by atoms with Gasteiger partial charge in [0.1, 0.15) is 0 Å². The van der Waals surface area contributed by atoms with E-state index in [9.17, 15) is 9.59 Å². The number of H-pyrrole nitrogens is 1. The Morgan fingerprint density at radius 3 is 2.89 bits per heavy atom. The first kappa shape index (κ1) is 13.4. The molecule has 0 aliphatic rings. The van der Waals surface area contributed by atoms with Crippen LogP contribution >= 0.6 is 0 Å². The molecule has 2 rings (SSSR count). The van der Waals surface area contributed by atoms with E-state index in [4.69, 9.17) is 9.84 Å². The van der Waals surface area contributed by atoms with Gasteiger partial charge in [-0.1, -0.05) is 0 Å². The third kappa shape index (κ3) is 2.68. The zero-order valence-electron chi connectivity index (χ0n) is 10.8. The predicted molar refractivity (Wildman–Crippen MR) is 70.6 cm³/mol. The van der Waals surface area contributed by atoms with Gasteiger partial charge in [0.15, 0.2) is 0 Å². The smallest absolute Gasteiger partial charge is 0.335 e. The third-order valence-electron chi connectivity index (χ3n) is 2.91. The van der Waals surface area contributed by atoms with Gasteiger partial charge in [-0.3, -0.25) is 4.57 Å². The minimum Gasteiger partial charge on any atom is -0.478 e. The molecule has 19 heavy (non-hydrogen) atoms. The number of ether oxygens (including phenoxy) is 1. The summed E-state index contributed by atoms with van der Waals surface area (Å²) >= 11 is 0. The molecule has 0 amide bonds. The van der Waals surface area contributed by atoms with Crippen molar-refractivity contribution in [1.82, 2.24) is 9.55 Å². The van der Waals surface area contributed by atoms with Crippen LogP contribution in [0.4, 0.5) is 0 Å². The molecule has 2 aromatic rings. The number of aromatic amines is 1. The summed E-state index contributed by atoms with van der Waals surface area (Å²) < 4.78 is 6.91. The molecule has 0 aliphatic heterocycles. The number of carboxylic acid groups (broad SMARTS) is 1. The van der Waals surface area contributed by atoms with E-state index in [0.29, 0.717) is 24.2 Å². The molecule has 0 saturated carbocycles. The Bertz CT molecular complexity index is 656.